The van der Waals surface area contributed by atoms with Crippen LogP contribution in [0.15, 0.2) is 28.7 Å². The lowest BCUT2D eigenvalue weighted by atomic mass is 10.1. The maximum absolute atomic E-state index is 11.3. The van der Waals surface area contributed by atoms with Crippen LogP contribution in [0.25, 0.3) is 11.0 Å². The van der Waals surface area contributed by atoms with E-state index in [9.17, 15) is 9.90 Å². The van der Waals surface area contributed by atoms with Gasteiger partial charge in [0.15, 0.2) is 0 Å². The van der Waals surface area contributed by atoms with E-state index in [0.717, 1.165) is 11.9 Å². The number of benzene rings is 1. The minimum Gasteiger partial charge on any atom is -0.475 e. The molecule has 1 aromatic heterocycles. The second-order valence-electron chi connectivity index (χ2n) is 4.65. The standard InChI is InChI=1S/C15H19NO4/c1-3-19-9-8-16(2)10-12-11-6-4-5-7-13(11)20-14(12)15(17)18/h4-7H,3,8-10H2,1-2H3,(H,17,18). The van der Waals surface area contributed by atoms with E-state index < -0.39 is 5.97 Å². The summed E-state index contributed by atoms with van der Waals surface area (Å²) in [5.74, 6) is -1.01. The number of ether oxygens (including phenoxy) is 1. The number of fused-ring (bicyclic) bond motifs is 1. The molecule has 0 bridgehead atoms. The van der Waals surface area contributed by atoms with Gasteiger partial charge in [-0.05, 0) is 20.0 Å². The van der Waals surface area contributed by atoms with E-state index in [1.54, 1.807) is 6.07 Å². The fourth-order valence-corrected chi connectivity index (χ4v) is 2.14. The highest BCUT2D eigenvalue weighted by Crippen LogP contribution is 2.26. The number of hydrogen-bond acceptors (Lipinski definition) is 4. The molecule has 1 heterocycles. The van der Waals surface area contributed by atoms with Gasteiger partial charge in [0, 0.05) is 30.6 Å². The number of carboxylic acids is 1. The monoisotopic (exact) mass is 277 g/mol. The molecule has 0 aliphatic heterocycles. The molecular weight excluding hydrogens is 258 g/mol. The van der Waals surface area contributed by atoms with Gasteiger partial charge in [0.1, 0.15) is 5.58 Å². The van der Waals surface area contributed by atoms with Crippen LogP contribution in [-0.2, 0) is 11.3 Å². The smallest absolute Gasteiger partial charge is 0.372 e. The Kier molecular flexibility index (Phi) is 4.76. The quantitative estimate of drug-likeness (QED) is 0.788. The summed E-state index contributed by atoms with van der Waals surface area (Å²) >= 11 is 0. The van der Waals surface area contributed by atoms with Gasteiger partial charge in [0.05, 0.1) is 6.61 Å². The van der Waals surface area contributed by atoms with Crippen LogP contribution in [0, 0.1) is 0 Å². The first kappa shape index (κ1) is 14.6. The Morgan fingerprint density at radius 1 is 1.40 bits per heavy atom. The molecule has 0 saturated heterocycles. The molecule has 0 atom stereocenters. The Labute approximate surface area is 117 Å². The zero-order valence-electron chi connectivity index (χ0n) is 11.8. The molecule has 5 heteroatoms. The van der Waals surface area contributed by atoms with E-state index in [1.807, 2.05) is 37.1 Å². The van der Waals surface area contributed by atoms with Gasteiger partial charge in [-0.3, -0.25) is 4.90 Å². The molecule has 0 aliphatic rings. The van der Waals surface area contributed by atoms with Crippen molar-refractivity contribution >= 4 is 16.9 Å². The van der Waals surface area contributed by atoms with Crippen molar-refractivity contribution in [1.29, 1.82) is 0 Å². The van der Waals surface area contributed by atoms with Gasteiger partial charge in [-0.25, -0.2) is 4.79 Å². The van der Waals surface area contributed by atoms with Gasteiger partial charge in [-0.15, -0.1) is 0 Å². The third kappa shape index (κ3) is 3.18. The highest BCUT2D eigenvalue weighted by atomic mass is 16.5. The zero-order valence-corrected chi connectivity index (χ0v) is 11.8. The van der Waals surface area contributed by atoms with Crippen LogP contribution < -0.4 is 0 Å². The molecule has 5 nitrogen and oxygen atoms in total. The number of furan rings is 1. The van der Waals surface area contributed by atoms with Crippen LogP contribution in [-0.4, -0.2) is 42.8 Å². The predicted octanol–water partition coefficient (Wildman–Crippen LogP) is 2.60. The Hall–Kier alpha value is -1.85. The first-order valence-electron chi connectivity index (χ1n) is 6.63. The van der Waals surface area contributed by atoms with Gasteiger partial charge in [-0.1, -0.05) is 18.2 Å². The summed E-state index contributed by atoms with van der Waals surface area (Å²) in [6.45, 7) is 4.53. The van der Waals surface area contributed by atoms with Crippen molar-refractivity contribution in [2.75, 3.05) is 26.8 Å². The van der Waals surface area contributed by atoms with Gasteiger partial charge in [-0.2, -0.15) is 0 Å². The van der Waals surface area contributed by atoms with Crippen LogP contribution in [0.2, 0.25) is 0 Å². The largest absolute Gasteiger partial charge is 0.475 e. The third-order valence-electron chi connectivity index (χ3n) is 3.14. The summed E-state index contributed by atoms with van der Waals surface area (Å²) in [5, 5.41) is 10.1. The lowest BCUT2D eigenvalue weighted by Crippen LogP contribution is -2.23. The second-order valence-corrected chi connectivity index (χ2v) is 4.65. The van der Waals surface area contributed by atoms with Gasteiger partial charge < -0.3 is 14.3 Å². The number of hydrogen-bond donors (Lipinski definition) is 1. The van der Waals surface area contributed by atoms with Crippen molar-refractivity contribution in [2.45, 2.75) is 13.5 Å². The summed E-state index contributed by atoms with van der Waals surface area (Å²) in [7, 11) is 1.94. The molecule has 0 aliphatic carbocycles. The van der Waals surface area contributed by atoms with E-state index in [-0.39, 0.29) is 5.76 Å². The van der Waals surface area contributed by atoms with Crippen LogP contribution in [0.3, 0.4) is 0 Å². The van der Waals surface area contributed by atoms with Crippen molar-refractivity contribution in [1.82, 2.24) is 4.90 Å². The number of para-hydroxylation sites is 1. The fraction of sp³-hybridized carbons (Fsp3) is 0.400. The van der Waals surface area contributed by atoms with E-state index in [4.69, 9.17) is 9.15 Å². The first-order chi connectivity index (χ1) is 9.63. The molecule has 1 aromatic carbocycles. The Balaban J connectivity index is 2.23. The van der Waals surface area contributed by atoms with E-state index in [1.165, 1.54) is 0 Å². The number of likely N-dealkylation sites (N-methyl/N-ethyl adjacent to an activating group) is 1. The van der Waals surface area contributed by atoms with Gasteiger partial charge in [0.25, 0.3) is 0 Å². The van der Waals surface area contributed by atoms with E-state index in [2.05, 4.69) is 0 Å². The molecule has 0 fully saturated rings. The Bertz CT molecular complexity index is 591. The minimum absolute atomic E-state index is 0.0226. The summed E-state index contributed by atoms with van der Waals surface area (Å²) in [4.78, 5) is 13.3. The number of carbonyl (C=O) groups is 1. The molecule has 0 amide bonds. The lowest BCUT2D eigenvalue weighted by Gasteiger charge is -2.16. The van der Waals surface area contributed by atoms with Crippen molar-refractivity contribution in [3.05, 3.63) is 35.6 Å². The SMILES string of the molecule is CCOCCN(C)Cc1c(C(=O)O)oc2ccccc12. The number of rotatable bonds is 7. The molecule has 108 valence electrons. The zero-order chi connectivity index (χ0) is 14.5. The van der Waals surface area contributed by atoms with Crippen molar-refractivity contribution < 1.29 is 19.1 Å². The maximum Gasteiger partial charge on any atom is 0.372 e. The molecule has 20 heavy (non-hydrogen) atoms. The van der Waals surface area contributed by atoms with Crippen molar-refractivity contribution in [3.63, 3.8) is 0 Å². The average Bonchev–Trinajstić information content (AvgIpc) is 2.78. The Morgan fingerprint density at radius 3 is 2.85 bits per heavy atom. The summed E-state index contributed by atoms with van der Waals surface area (Å²) in [5.41, 5.74) is 1.32. The molecule has 0 unspecified atom stereocenters. The summed E-state index contributed by atoms with van der Waals surface area (Å²) in [6, 6.07) is 7.38. The average molecular weight is 277 g/mol. The normalized spacial score (nSPS) is 11.3. The predicted molar refractivity (Wildman–Crippen MR) is 76.0 cm³/mol. The lowest BCUT2D eigenvalue weighted by molar-refractivity contribution is 0.0661. The van der Waals surface area contributed by atoms with Crippen LogP contribution in [0.4, 0.5) is 0 Å². The molecule has 0 radical (unpaired) electrons. The highest BCUT2D eigenvalue weighted by Gasteiger charge is 2.20. The number of aromatic carboxylic acids is 1. The third-order valence-corrected chi connectivity index (χ3v) is 3.14. The van der Waals surface area contributed by atoms with Crippen molar-refractivity contribution in [3.8, 4) is 0 Å². The van der Waals surface area contributed by atoms with Crippen LogP contribution in [0.5, 0.6) is 0 Å². The van der Waals surface area contributed by atoms with Crippen LogP contribution >= 0.6 is 0 Å². The van der Waals surface area contributed by atoms with Gasteiger partial charge >= 0.3 is 5.97 Å². The topological polar surface area (TPSA) is 62.9 Å². The molecule has 0 saturated carbocycles. The number of carboxylic acid groups (broad SMARTS) is 1. The molecule has 2 rings (SSSR count). The molecule has 2 aromatic rings. The molecule has 0 spiro atoms. The van der Waals surface area contributed by atoms with Gasteiger partial charge in [0.2, 0.25) is 5.76 Å². The highest BCUT2D eigenvalue weighted by molar-refractivity contribution is 5.95. The Morgan fingerprint density at radius 2 is 2.15 bits per heavy atom. The van der Waals surface area contributed by atoms with E-state index >= 15 is 0 Å². The molecular formula is C15H19NO4. The first-order valence-corrected chi connectivity index (χ1v) is 6.63. The van der Waals surface area contributed by atoms with E-state index in [0.29, 0.717) is 30.9 Å². The van der Waals surface area contributed by atoms with Crippen molar-refractivity contribution in [2.24, 2.45) is 0 Å². The van der Waals surface area contributed by atoms with Crippen LogP contribution in [0.1, 0.15) is 23.0 Å². The molecule has 1 N–H and O–H groups in total. The summed E-state index contributed by atoms with van der Waals surface area (Å²) in [6.07, 6.45) is 0. The second kappa shape index (κ2) is 6.54. The number of nitrogens with zero attached hydrogens (tertiary/aromatic N) is 1. The minimum atomic E-state index is -1.03. The maximum atomic E-state index is 11.3. The summed E-state index contributed by atoms with van der Waals surface area (Å²) < 4.78 is 10.7. The fourth-order valence-electron chi connectivity index (χ4n) is 2.14.